The third-order valence-corrected chi connectivity index (χ3v) is 7.75. The van der Waals surface area contributed by atoms with Crippen molar-refractivity contribution in [2.45, 2.75) is 37.0 Å². The van der Waals surface area contributed by atoms with Crippen molar-refractivity contribution < 1.29 is 22.7 Å². The van der Waals surface area contributed by atoms with Crippen LogP contribution < -0.4 is 14.8 Å². The lowest BCUT2D eigenvalue weighted by Gasteiger charge is -2.20. The summed E-state index contributed by atoms with van der Waals surface area (Å²) in [5, 5.41) is 2.86. The van der Waals surface area contributed by atoms with E-state index >= 15 is 0 Å². The molecule has 0 spiro atoms. The summed E-state index contributed by atoms with van der Waals surface area (Å²) in [5.74, 6) is 1.21. The Labute approximate surface area is 195 Å². The van der Waals surface area contributed by atoms with Gasteiger partial charge in [-0.25, -0.2) is 8.42 Å². The number of hydrogen-bond donors (Lipinski definition) is 1. The molecular formula is C25H30N2O5S. The summed E-state index contributed by atoms with van der Waals surface area (Å²) in [4.78, 5) is 12.5. The number of rotatable bonds is 7. The monoisotopic (exact) mass is 470 g/mol. The van der Waals surface area contributed by atoms with E-state index in [-0.39, 0.29) is 5.91 Å². The van der Waals surface area contributed by atoms with Crippen LogP contribution in [-0.2, 0) is 21.2 Å². The number of carbonyl (C=O) groups is 1. The van der Waals surface area contributed by atoms with E-state index in [1.165, 1.54) is 6.08 Å². The summed E-state index contributed by atoms with van der Waals surface area (Å²) in [6.07, 6.45) is 7.84. The summed E-state index contributed by atoms with van der Waals surface area (Å²) >= 11 is 0. The molecule has 176 valence electrons. The lowest BCUT2D eigenvalue weighted by Crippen LogP contribution is -2.31. The topological polar surface area (TPSA) is 84.9 Å². The number of benzene rings is 2. The maximum Gasteiger partial charge on any atom is 0.244 e. The Hall–Kier alpha value is -2.84. The maximum absolute atomic E-state index is 12.9. The number of amides is 1. The van der Waals surface area contributed by atoms with Gasteiger partial charge in [-0.05, 0) is 60.7 Å². The molecule has 1 fully saturated rings. The predicted molar refractivity (Wildman–Crippen MR) is 127 cm³/mol. The molecule has 2 aliphatic rings. The second-order valence-corrected chi connectivity index (χ2v) is 10.2. The standard InChI is InChI=1S/C25H30N2O5S/c28-25(12-8-21-7-11-23-24(19-21)32-18-17-31-23)26-14-13-20-5-9-22(10-6-20)33(29,30)27-15-3-1-2-4-16-27/h5-12,19H,1-4,13-18H2,(H,26,28)/b12-8-. The van der Waals surface area contributed by atoms with Gasteiger partial charge in [-0.2, -0.15) is 4.31 Å². The molecule has 7 nitrogen and oxygen atoms in total. The normalized spacial score (nSPS) is 17.0. The van der Waals surface area contributed by atoms with Crippen LogP contribution in [0.4, 0.5) is 0 Å². The minimum atomic E-state index is -3.44. The van der Waals surface area contributed by atoms with Gasteiger partial charge in [0.2, 0.25) is 15.9 Å². The first-order chi connectivity index (χ1) is 16.0. The fourth-order valence-electron chi connectivity index (χ4n) is 3.98. The number of nitrogens with zero attached hydrogens (tertiary/aromatic N) is 1. The molecule has 2 aliphatic heterocycles. The van der Waals surface area contributed by atoms with E-state index in [9.17, 15) is 13.2 Å². The average Bonchev–Trinajstić information content (AvgIpc) is 3.13. The average molecular weight is 471 g/mol. The van der Waals surface area contributed by atoms with Gasteiger partial charge in [0.15, 0.2) is 11.5 Å². The van der Waals surface area contributed by atoms with Gasteiger partial charge in [0.25, 0.3) is 0 Å². The summed E-state index contributed by atoms with van der Waals surface area (Å²) in [6, 6.07) is 12.5. The fourth-order valence-corrected chi connectivity index (χ4v) is 5.50. The Morgan fingerprint density at radius 1 is 0.939 bits per heavy atom. The highest BCUT2D eigenvalue weighted by atomic mass is 32.2. The van der Waals surface area contributed by atoms with Crippen LogP contribution in [-0.4, -0.2) is 51.5 Å². The molecule has 2 aromatic rings. The molecule has 8 heteroatoms. The van der Waals surface area contributed by atoms with Crippen molar-refractivity contribution >= 4 is 22.0 Å². The largest absolute Gasteiger partial charge is 0.486 e. The van der Waals surface area contributed by atoms with Crippen molar-refractivity contribution in [3.05, 3.63) is 59.7 Å². The van der Waals surface area contributed by atoms with Gasteiger partial charge < -0.3 is 14.8 Å². The number of hydrogen-bond acceptors (Lipinski definition) is 5. The molecule has 4 rings (SSSR count). The van der Waals surface area contributed by atoms with E-state index in [1.807, 2.05) is 30.3 Å². The van der Waals surface area contributed by atoms with Crippen LogP contribution >= 0.6 is 0 Å². The van der Waals surface area contributed by atoms with E-state index in [0.717, 1.165) is 36.8 Å². The van der Waals surface area contributed by atoms with Crippen LogP contribution in [0, 0.1) is 0 Å². The highest BCUT2D eigenvalue weighted by Gasteiger charge is 2.24. The fraction of sp³-hybridized carbons (Fsp3) is 0.400. The number of ether oxygens (including phenoxy) is 2. The summed E-state index contributed by atoms with van der Waals surface area (Å²) in [5.41, 5.74) is 1.83. The van der Waals surface area contributed by atoms with Gasteiger partial charge in [0.05, 0.1) is 4.90 Å². The highest BCUT2D eigenvalue weighted by molar-refractivity contribution is 7.89. The third kappa shape index (κ3) is 6.15. The summed E-state index contributed by atoms with van der Waals surface area (Å²) in [7, 11) is -3.44. The Balaban J connectivity index is 1.26. The lowest BCUT2D eigenvalue weighted by atomic mass is 10.1. The molecule has 0 saturated carbocycles. The second-order valence-electron chi connectivity index (χ2n) is 8.24. The molecule has 0 atom stereocenters. The molecule has 33 heavy (non-hydrogen) atoms. The zero-order valence-corrected chi connectivity index (χ0v) is 19.5. The van der Waals surface area contributed by atoms with Crippen molar-refractivity contribution in [1.29, 1.82) is 0 Å². The van der Waals surface area contributed by atoms with Crippen molar-refractivity contribution in [1.82, 2.24) is 9.62 Å². The molecule has 1 amide bonds. The minimum absolute atomic E-state index is 0.190. The van der Waals surface area contributed by atoms with E-state index in [1.54, 1.807) is 22.5 Å². The van der Waals surface area contributed by atoms with Gasteiger partial charge in [0.1, 0.15) is 13.2 Å². The maximum atomic E-state index is 12.9. The zero-order chi connectivity index (χ0) is 23.1. The van der Waals surface area contributed by atoms with Crippen molar-refractivity contribution in [2.75, 3.05) is 32.8 Å². The van der Waals surface area contributed by atoms with Gasteiger partial charge in [-0.1, -0.05) is 31.0 Å². The first kappa shape index (κ1) is 23.3. The Kier molecular flexibility index (Phi) is 7.67. The second kappa shape index (κ2) is 10.9. The minimum Gasteiger partial charge on any atom is -0.486 e. The molecule has 0 bridgehead atoms. The zero-order valence-electron chi connectivity index (χ0n) is 18.7. The summed E-state index contributed by atoms with van der Waals surface area (Å²) < 4.78 is 38.4. The van der Waals surface area contributed by atoms with Gasteiger partial charge >= 0.3 is 0 Å². The number of nitrogens with one attached hydrogen (secondary N) is 1. The number of carbonyl (C=O) groups excluding carboxylic acids is 1. The lowest BCUT2D eigenvalue weighted by molar-refractivity contribution is -0.116. The molecule has 0 aromatic heterocycles. The van der Waals surface area contributed by atoms with Crippen LogP contribution in [0.2, 0.25) is 0 Å². The molecule has 1 N–H and O–H groups in total. The van der Waals surface area contributed by atoms with Crippen LogP contribution in [0.5, 0.6) is 11.5 Å². The number of sulfonamides is 1. The van der Waals surface area contributed by atoms with Crippen molar-refractivity contribution in [3.63, 3.8) is 0 Å². The van der Waals surface area contributed by atoms with Crippen LogP contribution in [0.1, 0.15) is 36.8 Å². The van der Waals surface area contributed by atoms with Gasteiger partial charge in [-0.15, -0.1) is 0 Å². The smallest absolute Gasteiger partial charge is 0.244 e. The van der Waals surface area contributed by atoms with Crippen molar-refractivity contribution in [2.24, 2.45) is 0 Å². The third-order valence-electron chi connectivity index (χ3n) is 5.83. The quantitative estimate of drug-likeness (QED) is 0.627. The van der Waals surface area contributed by atoms with Gasteiger partial charge in [0, 0.05) is 25.7 Å². The molecule has 0 aliphatic carbocycles. The molecule has 2 heterocycles. The molecule has 0 unspecified atom stereocenters. The van der Waals surface area contributed by atoms with E-state index in [2.05, 4.69) is 5.32 Å². The Morgan fingerprint density at radius 2 is 1.64 bits per heavy atom. The van der Waals surface area contributed by atoms with E-state index in [4.69, 9.17) is 9.47 Å². The molecule has 2 aromatic carbocycles. The molecule has 1 saturated heterocycles. The van der Waals surface area contributed by atoms with E-state index < -0.39 is 10.0 Å². The van der Waals surface area contributed by atoms with Crippen LogP contribution in [0.25, 0.3) is 6.08 Å². The predicted octanol–water partition coefficient (Wildman–Crippen LogP) is 3.39. The van der Waals surface area contributed by atoms with Crippen molar-refractivity contribution in [3.8, 4) is 11.5 Å². The van der Waals surface area contributed by atoms with Gasteiger partial charge in [-0.3, -0.25) is 4.79 Å². The molecule has 0 radical (unpaired) electrons. The number of fused-ring (bicyclic) bond motifs is 1. The Bertz CT molecular complexity index is 1090. The van der Waals surface area contributed by atoms with Crippen LogP contribution in [0.3, 0.4) is 0 Å². The first-order valence-electron chi connectivity index (χ1n) is 11.5. The summed E-state index contributed by atoms with van der Waals surface area (Å²) in [6.45, 7) is 2.71. The highest BCUT2D eigenvalue weighted by Crippen LogP contribution is 2.31. The van der Waals surface area contributed by atoms with Crippen LogP contribution in [0.15, 0.2) is 53.4 Å². The Morgan fingerprint density at radius 3 is 2.36 bits per heavy atom. The first-order valence-corrected chi connectivity index (χ1v) is 12.9. The van der Waals surface area contributed by atoms with E-state index in [0.29, 0.717) is 55.7 Å². The SMILES string of the molecule is O=C(/C=C\c1ccc2c(c1)OCCO2)NCCc1ccc(S(=O)(=O)N2CCCCCC2)cc1. The molecular weight excluding hydrogens is 440 g/mol.